The number of methoxy groups -OCH3 is 1. The Morgan fingerprint density at radius 2 is 2.18 bits per heavy atom. The Hall–Kier alpha value is -1.55. The van der Waals surface area contributed by atoms with Crippen LogP contribution in [-0.4, -0.2) is 37.0 Å². The second kappa shape index (κ2) is 8.18. The van der Waals surface area contributed by atoms with Crippen LogP contribution in [0.4, 0.5) is 0 Å². The monoisotopic (exact) mass is 304 g/mol. The second-order valence-electron chi connectivity index (χ2n) is 6.30. The first-order valence-electron chi connectivity index (χ1n) is 8.27. The van der Waals surface area contributed by atoms with Crippen LogP contribution in [0.2, 0.25) is 0 Å². The number of carbonyl (C=O) groups is 1. The molecule has 2 atom stereocenters. The Labute approximate surface area is 133 Å². The van der Waals surface area contributed by atoms with Gasteiger partial charge in [-0.1, -0.05) is 25.1 Å². The summed E-state index contributed by atoms with van der Waals surface area (Å²) in [7, 11) is 1.69. The summed E-state index contributed by atoms with van der Waals surface area (Å²) in [6.45, 7) is 3.57. The van der Waals surface area contributed by atoms with Gasteiger partial charge in [0.1, 0.15) is 5.75 Å². The molecule has 2 unspecified atom stereocenters. The molecule has 0 saturated carbocycles. The van der Waals surface area contributed by atoms with E-state index in [2.05, 4.69) is 13.0 Å². The molecule has 0 aromatic heterocycles. The van der Waals surface area contributed by atoms with E-state index in [9.17, 15) is 4.79 Å². The number of benzene rings is 1. The van der Waals surface area contributed by atoms with Crippen LogP contribution in [0.1, 0.15) is 38.2 Å². The van der Waals surface area contributed by atoms with E-state index in [-0.39, 0.29) is 11.9 Å². The predicted octanol–water partition coefficient (Wildman–Crippen LogP) is 2.60. The highest BCUT2D eigenvalue weighted by molar-refractivity contribution is 5.77. The number of ether oxygens (including phenoxy) is 1. The van der Waals surface area contributed by atoms with Crippen LogP contribution in [0, 0.1) is 5.92 Å². The number of hydrogen-bond acceptors (Lipinski definition) is 3. The second-order valence-corrected chi connectivity index (χ2v) is 6.30. The van der Waals surface area contributed by atoms with Gasteiger partial charge >= 0.3 is 0 Å². The molecular weight excluding hydrogens is 276 g/mol. The molecule has 1 aromatic carbocycles. The molecule has 1 aliphatic heterocycles. The number of hydrogen-bond donors (Lipinski definition) is 1. The average Bonchev–Trinajstić information content (AvgIpc) is 2.55. The van der Waals surface area contributed by atoms with Gasteiger partial charge in [-0.15, -0.1) is 0 Å². The lowest BCUT2D eigenvalue weighted by molar-refractivity contribution is -0.135. The predicted molar refractivity (Wildman–Crippen MR) is 88.9 cm³/mol. The van der Waals surface area contributed by atoms with Crippen molar-refractivity contribution in [1.82, 2.24) is 4.90 Å². The van der Waals surface area contributed by atoms with Crippen molar-refractivity contribution in [3.8, 4) is 5.75 Å². The standard InChI is InChI=1S/C18H28N2O2/c1-14(11-15-7-3-4-9-17(15)22-2)12-18(21)20-10-6-5-8-16(20)13-19/h3-4,7,9,14,16H,5-6,8,10-13,19H2,1-2H3. The third-order valence-corrected chi connectivity index (χ3v) is 4.50. The van der Waals surface area contributed by atoms with Crippen molar-refractivity contribution >= 4 is 5.91 Å². The topological polar surface area (TPSA) is 55.6 Å². The van der Waals surface area contributed by atoms with Crippen molar-refractivity contribution in [3.63, 3.8) is 0 Å². The molecule has 2 N–H and O–H groups in total. The maximum atomic E-state index is 12.6. The minimum Gasteiger partial charge on any atom is -0.496 e. The molecule has 1 amide bonds. The van der Waals surface area contributed by atoms with Crippen molar-refractivity contribution < 1.29 is 9.53 Å². The van der Waals surface area contributed by atoms with E-state index in [4.69, 9.17) is 10.5 Å². The number of rotatable bonds is 6. The normalized spacial score (nSPS) is 19.8. The number of nitrogens with zero attached hydrogens (tertiary/aromatic N) is 1. The zero-order valence-electron chi connectivity index (χ0n) is 13.8. The van der Waals surface area contributed by atoms with Crippen LogP contribution in [-0.2, 0) is 11.2 Å². The zero-order chi connectivity index (χ0) is 15.9. The molecule has 2 rings (SSSR count). The van der Waals surface area contributed by atoms with Gasteiger partial charge in [0, 0.05) is 25.6 Å². The van der Waals surface area contributed by atoms with Crippen LogP contribution >= 0.6 is 0 Å². The van der Waals surface area contributed by atoms with Gasteiger partial charge in [-0.25, -0.2) is 0 Å². The Morgan fingerprint density at radius 3 is 2.91 bits per heavy atom. The minimum absolute atomic E-state index is 0.236. The number of carbonyl (C=O) groups excluding carboxylic acids is 1. The SMILES string of the molecule is COc1ccccc1CC(C)CC(=O)N1CCCCC1CN. The van der Waals surface area contributed by atoms with Crippen molar-refractivity contribution in [3.05, 3.63) is 29.8 Å². The molecular formula is C18H28N2O2. The molecule has 1 heterocycles. The van der Waals surface area contributed by atoms with Crippen molar-refractivity contribution in [2.45, 2.75) is 45.1 Å². The van der Waals surface area contributed by atoms with E-state index >= 15 is 0 Å². The van der Waals surface area contributed by atoms with E-state index in [1.807, 2.05) is 23.1 Å². The summed E-state index contributed by atoms with van der Waals surface area (Å²) < 4.78 is 5.39. The van der Waals surface area contributed by atoms with Crippen molar-refractivity contribution in [2.24, 2.45) is 11.7 Å². The zero-order valence-corrected chi connectivity index (χ0v) is 13.8. The summed E-state index contributed by atoms with van der Waals surface area (Å²) in [6.07, 6.45) is 4.76. The van der Waals surface area contributed by atoms with Gasteiger partial charge in [-0.2, -0.15) is 0 Å². The first kappa shape index (κ1) is 16.8. The van der Waals surface area contributed by atoms with E-state index in [0.717, 1.165) is 31.6 Å². The largest absolute Gasteiger partial charge is 0.496 e. The van der Waals surface area contributed by atoms with Gasteiger partial charge in [0.15, 0.2) is 0 Å². The van der Waals surface area contributed by atoms with Crippen molar-refractivity contribution in [2.75, 3.05) is 20.2 Å². The molecule has 1 aromatic rings. The van der Waals surface area contributed by atoms with Crippen LogP contribution < -0.4 is 10.5 Å². The van der Waals surface area contributed by atoms with Gasteiger partial charge in [-0.3, -0.25) is 4.79 Å². The Balaban J connectivity index is 1.93. The molecule has 1 saturated heterocycles. The fourth-order valence-electron chi connectivity index (χ4n) is 3.31. The summed E-state index contributed by atoms with van der Waals surface area (Å²) in [6, 6.07) is 8.27. The highest BCUT2D eigenvalue weighted by Gasteiger charge is 2.26. The average molecular weight is 304 g/mol. The van der Waals surface area contributed by atoms with Crippen LogP contribution in [0.3, 0.4) is 0 Å². The summed E-state index contributed by atoms with van der Waals surface area (Å²) in [4.78, 5) is 14.6. The maximum Gasteiger partial charge on any atom is 0.223 e. The molecule has 0 radical (unpaired) electrons. The molecule has 1 fully saturated rings. The van der Waals surface area contributed by atoms with E-state index < -0.39 is 0 Å². The first-order valence-corrected chi connectivity index (χ1v) is 8.27. The number of para-hydroxylation sites is 1. The lowest BCUT2D eigenvalue weighted by Crippen LogP contribution is -2.47. The smallest absolute Gasteiger partial charge is 0.223 e. The number of piperidine rings is 1. The van der Waals surface area contributed by atoms with Gasteiger partial charge in [0.25, 0.3) is 0 Å². The van der Waals surface area contributed by atoms with E-state index in [1.54, 1.807) is 7.11 Å². The molecule has 0 bridgehead atoms. The van der Waals surface area contributed by atoms with Gasteiger partial charge in [0.05, 0.1) is 7.11 Å². The molecule has 0 spiro atoms. The maximum absolute atomic E-state index is 12.6. The third kappa shape index (κ3) is 4.23. The summed E-state index contributed by atoms with van der Waals surface area (Å²) in [5.41, 5.74) is 6.98. The van der Waals surface area contributed by atoms with Gasteiger partial charge in [-0.05, 0) is 43.2 Å². The molecule has 4 heteroatoms. The Bertz CT molecular complexity index is 490. The quantitative estimate of drug-likeness (QED) is 0.879. The Morgan fingerprint density at radius 1 is 1.41 bits per heavy atom. The summed E-state index contributed by atoms with van der Waals surface area (Å²) in [5, 5.41) is 0. The summed E-state index contributed by atoms with van der Waals surface area (Å²) >= 11 is 0. The Kier molecular flexibility index (Phi) is 6.25. The first-order chi connectivity index (χ1) is 10.7. The molecule has 0 aliphatic carbocycles. The number of amides is 1. The van der Waals surface area contributed by atoms with Crippen LogP contribution in [0.15, 0.2) is 24.3 Å². The number of likely N-dealkylation sites (tertiary alicyclic amines) is 1. The lowest BCUT2D eigenvalue weighted by atomic mass is 9.95. The van der Waals surface area contributed by atoms with Crippen LogP contribution in [0.25, 0.3) is 0 Å². The highest BCUT2D eigenvalue weighted by Crippen LogP contribution is 2.24. The van der Waals surface area contributed by atoms with Crippen molar-refractivity contribution in [1.29, 1.82) is 0 Å². The number of nitrogens with two attached hydrogens (primary N) is 1. The molecule has 122 valence electrons. The molecule has 1 aliphatic rings. The highest BCUT2D eigenvalue weighted by atomic mass is 16.5. The fourth-order valence-corrected chi connectivity index (χ4v) is 3.31. The van der Waals surface area contributed by atoms with Gasteiger partial charge < -0.3 is 15.4 Å². The van der Waals surface area contributed by atoms with Crippen LogP contribution in [0.5, 0.6) is 5.75 Å². The molecule has 22 heavy (non-hydrogen) atoms. The van der Waals surface area contributed by atoms with E-state index in [0.29, 0.717) is 18.9 Å². The van der Waals surface area contributed by atoms with E-state index in [1.165, 1.54) is 12.0 Å². The lowest BCUT2D eigenvalue weighted by Gasteiger charge is -2.35. The minimum atomic E-state index is 0.236. The van der Waals surface area contributed by atoms with Gasteiger partial charge in [0.2, 0.25) is 5.91 Å². The third-order valence-electron chi connectivity index (χ3n) is 4.50. The summed E-state index contributed by atoms with van der Waals surface area (Å²) in [5.74, 6) is 1.45. The molecule has 4 nitrogen and oxygen atoms in total. The fraction of sp³-hybridized carbons (Fsp3) is 0.611.